The number of nitrogens with zero attached hydrogens (tertiary/aromatic N) is 2. The van der Waals surface area contributed by atoms with Crippen molar-refractivity contribution >= 4 is 24.0 Å². The van der Waals surface area contributed by atoms with Crippen LogP contribution in [0.1, 0.15) is 11.1 Å². The average molecular weight is 306 g/mol. The molecule has 1 aliphatic heterocycles. The second-order valence-corrected chi connectivity index (χ2v) is 4.73. The molecule has 1 aromatic heterocycles. The van der Waals surface area contributed by atoms with Gasteiger partial charge in [-0.1, -0.05) is 24.3 Å². The van der Waals surface area contributed by atoms with Crippen LogP contribution in [-0.2, 0) is 9.53 Å². The minimum atomic E-state index is -0.478. The number of para-hydroxylation sites is 1. The molecule has 0 radical (unpaired) electrons. The van der Waals surface area contributed by atoms with Crippen LogP contribution in [0, 0.1) is 0 Å². The topological polar surface area (TPSA) is 60.8 Å². The molecule has 0 amide bonds. The zero-order valence-corrected chi connectivity index (χ0v) is 12.5. The summed E-state index contributed by atoms with van der Waals surface area (Å²) < 4.78 is 10.4. The van der Waals surface area contributed by atoms with Crippen molar-refractivity contribution in [3.8, 4) is 5.75 Å². The molecular weight excluding hydrogens is 292 g/mol. The summed E-state index contributed by atoms with van der Waals surface area (Å²) in [6.07, 6.45) is 8.38. The van der Waals surface area contributed by atoms with Crippen molar-refractivity contribution in [1.82, 2.24) is 4.98 Å². The lowest BCUT2D eigenvalue weighted by Crippen LogP contribution is -2.01. The molecule has 5 heteroatoms. The van der Waals surface area contributed by atoms with E-state index < -0.39 is 5.97 Å². The number of aliphatic imine (C=N–C) groups is 1. The maximum atomic E-state index is 11.8. The number of hydrogen-bond donors (Lipinski definition) is 0. The normalized spacial score (nSPS) is 15.8. The molecule has 5 nitrogen and oxygen atoms in total. The number of carbonyl (C=O) groups excluding carboxylic acids is 1. The van der Waals surface area contributed by atoms with Gasteiger partial charge in [0.25, 0.3) is 0 Å². The van der Waals surface area contributed by atoms with Crippen molar-refractivity contribution in [2.24, 2.45) is 4.99 Å². The summed E-state index contributed by atoms with van der Waals surface area (Å²) in [5.74, 6) is 0.504. The van der Waals surface area contributed by atoms with Gasteiger partial charge in [0.1, 0.15) is 5.75 Å². The molecule has 0 atom stereocenters. The zero-order chi connectivity index (χ0) is 16.1. The van der Waals surface area contributed by atoms with Crippen LogP contribution < -0.4 is 4.74 Å². The largest absolute Gasteiger partial charge is 0.496 e. The molecule has 0 bridgehead atoms. The lowest BCUT2D eigenvalue weighted by molar-refractivity contribution is -0.129. The smallest absolute Gasteiger partial charge is 0.363 e. The quantitative estimate of drug-likeness (QED) is 0.643. The fourth-order valence-electron chi connectivity index (χ4n) is 2.08. The molecule has 0 spiro atoms. The molecule has 1 aromatic carbocycles. The number of esters is 1. The lowest BCUT2D eigenvalue weighted by Gasteiger charge is -2.02. The van der Waals surface area contributed by atoms with Crippen LogP contribution in [0.4, 0.5) is 0 Å². The van der Waals surface area contributed by atoms with Gasteiger partial charge in [0.15, 0.2) is 5.70 Å². The van der Waals surface area contributed by atoms with Gasteiger partial charge >= 0.3 is 5.97 Å². The average Bonchev–Trinajstić information content (AvgIpc) is 2.94. The van der Waals surface area contributed by atoms with Crippen LogP contribution in [0.25, 0.3) is 12.2 Å². The molecule has 0 fully saturated rings. The van der Waals surface area contributed by atoms with Crippen molar-refractivity contribution in [3.63, 3.8) is 0 Å². The molecule has 3 rings (SSSR count). The summed E-state index contributed by atoms with van der Waals surface area (Å²) in [6, 6.07) is 11.2. The van der Waals surface area contributed by atoms with Gasteiger partial charge in [0.2, 0.25) is 5.90 Å². The van der Waals surface area contributed by atoms with Crippen LogP contribution in [-0.4, -0.2) is 24.0 Å². The van der Waals surface area contributed by atoms with Gasteiger partial charge in [-0.05, 0) is 29.8 Å². The number of ether oxygens (including phenoxy) is 2. The molecular formula is C18H14N2O3. The minimum absolute atomic E-state index is 0.246. The van der Waals surface area contributed by atoms with E-state index in [2.05, 4.69) is 9.98 Å². The van der Waals surface area contributed by atoms with Gasteiger partial charge in [-0.15, -0.1) is 0 Å². The molecule has 2 aromatic rings. The summed E-state index contributed by atoms with van der Waals surface area (Å²) in [5.41, 5.74) is 1.91. The maximum absolute atomic E-state index is 11.8. The highest BCUT2D eigenvalue weighted by molar-refractivity contribution is 6.11. The Labute approximate surface area is 133 Å². The van der Waals surface area contributed by atoms with Crippen LogP contribution in [0.5, 0.6) is 5.75 Å². The second kappa shape index (κ2) is 6.70. The van der Waals surface area contributed by atoms with E-state index in [-0.39, 0.29) is 11.6 Å². The molecule has 0 N–H and O–H groups in total. The molecule has 0 saturated carbocycles. The second-order valence-electron chi connectivity index (χ2n) is 4.73. The van der Waals surface area contributed by atoms with Gasteiger partial charge in [0, 0.05) is 24.0 Å². The summed E-state index contributed by atoms with van der Waals surface area (Å²) in [7, 11) is 1.61. The van der Waals surface area contributed by atoms with E-state index in [4.69, 9.17) is 9.47 Å². The first-order chi connectivity index (χ1) is 11.3. The summed E-state index contributed by atoms with van der Waals surface area (Å²) in [5, 5.41) is 0. The van der Waals surface area contributed by atoms with Gasteiger partial charge in [-0.2, -0.15) is 0 Å². The Balaban J connectivity index is 1.82. The number of rotatable bonds is 4. The minimum Gasteiger partial charge on any atom is -0.496 e. The Kier molecular flexibility index (Phi) is 4.29. The van der Waals surface area contributed by atoms with E-state index in [1.807, 2.05) is 30.3 Å². The van der Waals surface area contributed by atoms with Gasteiger partial charge in [-0.3, -0.25) is 4.98 Å². The molecule has 0 saturated heterocycles. The number of cyclic esters (lactones) is 1. The van der Waals surface area contributed by atoms with E-state index in [1.165, 1.54) is 0 Å². The molecule has 0 aliphatic carbocycles. The predicted molar refractivity (Wildman–Crippen MR) is 87.8 cm³/mol. The molecule has 2 heterocycles. The van der Waals surface area contributed by atoms with Gasteiger partial charge < -0.3 is 9.47 Å². The van der Waals surface area contributed by atoms with Crippen LogP contribution in [0.15, 0.2) is 65.6 Å². The van der Waals surface area contributed by atoms with E-state index in [9.17, 15) is 4.79 Å². The zero-order valence-electron chi connectivity index (χ0n) is 12.5. The number of hydrogen-bond acceptors (Lipinski definition) is 5. The third kappa shape index (κ3) is 3.52. The van der Waals surface area contributed by atoms with Crippen LogP contribution in [0.2, 0.25) is 0 Å². The number of benzene rings is 1. The van der Waals surface area contributed by atoms with E-state index in [0.717, 1.165) is 16.9 Å². The highest BCUT2D eigenvalue weighted by atomic mass is 16.6. The number of methoxy groups -OCH3 is 1. The Morgan fingerprint density at radius 3 is 2.78 bits per heavy atom. The fourth-order valence-corrected chi connectivity index (χ4v) is 2.08. The standard InChI is InChI=1S/C18H14N2O3/c1-22-16-7-3-2-6-14(16)8-9-17-20-15(18(21)23-17)11-13-5-4-10-19-12-13/h2-12H,1H3/b9-8+,15-11-. The molecule has 1 aliphatic rings. The SMILES string of the molecule is COc1ccccc1/C=C/C1=NC(=C\c2cccnc2)/C(=O)O1. The van der Waals surface area contributed by atoms with E-state index in [1.54, 1.807) is 43.8 Å². The van der Waals surface area contributed by atoms with E-state index >= 15 is 0 Å². The van der Waals surface area contributed by atoms with Crippen molar-refractivity contribution in [3.05, 3.63) is 71.7 Å². The summed E-state index contributed by atoms with van der Waals surface area (Å²) in [6.45, 7) is 0. The number of pyridine rings is 1. The third-order valence-corrected chi connectivity index (χ3v) is 3.17. The van der Waals surface area contributed by atoms with Crippen molar-refractivity contribution in [2.75, 3.05) is 7.11 Å². The lowest BCUT2D eigenvalue weighted by atomic mass is 10.2. The molecule has 0 unspecified atom stereocenters. The predicted octanol–water partition coefficient (Wildman–Crippen LogP) is 3.10. The highest BCUT2D eigenvalue weighted by Crippen LogP contribution is 2.20. The van der Waals surface area contributed by atoms with Crippen molar-refractivity contribution in [2.45, 2.75) is 0 Å². The van der Waals surface area contributed by atoms with Gasteiger partial charge in [-0.25, -0.2) is 9.79 Å². The number of aromatic nitrogens is 1. The Morgan fingerprint density at radius 2 is 2.00 bits per heavy atom. The highest BCUT2D eigenvalue weighted by Gasteiger charge is 2.21. The molecule has 23 heavy (non-hydrogen) atoms. The summed E-state index contributed by atoms with van der Waals surface area (Å²) >= 11 is 0. The first kappa shape index (κ1) is 14.7. The summed E-state index contributed by atoms with van der Waals surface area (Å²) in [4.78, 5) is 20.0. The van der Waals surface area contributed by atoms with Crippen LogP contribution >= 0.6 is 0 Å². The maximum Gasteiger partial charge on any atom is 0.363 e. The Morgan fingerprint density at radius 1 is 1.13 bits per heavy atom. The first-order valence-electron chi connectivity index (χ1n) is 7.00. The van der Waals surface area contributed by atoms with Crippen molar-refractivity contribution < 1.29 is 14.3 Å². The van der Waals surface area contributed by atoms with Crippen molar-refractivity contribution in [1.29, 1.82) is 0 Å². The first-order valence-corrected chi connectivity index (χ1v) is 7.00. The Bertz CT molecular complexity index is 808. The third-order valence-electron chi connectivity index (χ3n) is 3.17. The fraction of sp³-hybridized carbons (Fsp3) is 0.0556. The molecule has 114 valence electrons. The number of carbonyl (C=O) groups is 1. The van der Waals surface area contributed by atoms with Crippen LogP contribution in [0.3, 0.4) is 0 Å². The Hall–Kier alpha value is -3.21. The van der Waals surface area contributed by atoms with E-state index in [0.29, 0.717) is 0 Å². The monoisotopic (exact) mass is 306 g/mol. The van der Waals surface area contributed by atoms with Gasteiger partial charge in [0.05, 0.1) is 7.11 Å².